The van der Waals surface area contributed by atoms with Gasteiger partial charge in [0.15, 0.2) is 0 Å². The first-order valence-electron chi connectivity index (χ1n) is 11.2. The highest BCUT2D eigenvalue weighted by Gasteiger charge is 2.40. The van der Waals surface area contributed by atoms with Crippen molar-refractivity contribution in [1.82, 2.24) is 14.5 Å². The van der Waals surface area contributed by atoms with Crippen LogP contribution >= 0.6 is 0 Å². The Hall–Kier alpha value is -4.04. The number of hydrogen-bond acceptors (Lipinski definition) is 8. The molecular formula is C23H26N4O9S. The molecule has 2 atom stereocenters. The summed E-state index contributed by atoms with van der Waals surface area (Å²) in [6.45, 7) is 0.0439. The van der Waals surface area contributed by atoms with Gasteiger partial charge in [0.05, 0.1) is 9.82 Å². The number of aliphatic carboxylic acids is 1. The van der Waals surface area contributed by atoms with E-state index in [4.69, 9.17) is 4.74 Å². The first kappa shape index (κ1) is 27.5. The average Bonchev–Trinajstić information content (AvgIpc) is 3.36. The number of nitro groups is 1. The topological polar surface area (TPSA) is 176 Å². The molecule has 1 aliphatic rings. The van der Waals surface area contributed by atoms with Crippen molar-refractivity contribution in [3.8, 4) is 5.75 Å². The third-order valence-electron chi connectivity index (χ3n) is 5.71. The molecule has 1 aliphatic heterocycles. The van der Waals surface area contributed by atoms with Crippen molar-refractivity contribution in [2.75, 3.05) is 20.6 Å². The molecule has 0 spiro atoms. The molecule has 2 amide bonds. The van der Waals surface area contributed by atoms with Crippen molar-refractivity contribution in [3.05, 3.63) is 64.2 Å². The predicted octanol–water partition coefficient (Wildman–Crippen LogP) is 1.62. The Bertz CT molecular complexity index is 1280. The van der Waals surface area contributed by atoms with Crippen molar-refractivity contribution in [2.24, 2.45) is 0 Å². The molecule has 1 fully saturated rings. The number of ether oxygens (including phenoxy) is 1. The summed E-state index contributed by atoms with van der Waals surface area (Å²) in [6, 6.07) is 7.95. The molecule has 0 bridgehead atoms. The summed E-state index contributed by atoms with van der Waals surface area (Å²) < 4.78 is 32.3. The van der Waals surface area contributed by atoms with E-state index in [9.17, 15) is 38.0 Å². The SMILES string of the molecule is CN(C)C(=O)Oc1ccc(C[C@H](NC(=O)[C@@H]2CCCN2S(=O)(=O)c2ccc([N+](=O)[O-])cc2)C(=O)O)cc1. The fourth-order valence-electron chi connectivity index (χ4n) is 3.75. The molecule has 2 N–H and O–H groups in total. The molecule has 198 valence electrons. The second kappa shape index (κ2) is 11.3. The number of carboxylic acid groups (broad SMARTS) is 1. The van der Waals surface area contributed by atoms with Crippen LogP contribution in [0, 0.1) is 10.1 Å². The van der Waals surface area contributed by atoms with Crippen LogP contribution in [0.1, 0.15) is 18.4 Å². The van der Waals surface area contributed by atoms with E-state index in [-0.39, 0.29) is 35.7 Å². The second-order valence-electron chi connectivity index (χ2n) is 8.53. The normalized spacial score (nSPS) is 16.5. The van der Waals surface area contributed by atoms with E-state index >= 15 is 0 Å². The highest BCUT2D eigenvalue weighted by atomic mass is 32.2. The summed E-state index contributed by atoms with van der Waals surface area (Å²) in [7, 11) is -1.10. The van der Waals surface area contributed by atoms with Crippen LogP contribution in [0.15, 0.2) is 53.4 Å². The Morgan fingerprint density at radius 3 is 2.32 bits per heavy atom. The lowest BCUT2D eigenvalue weighted by molar-refractivity contribution is -0.384. The van der Waals surface area contributed by atoms with Gasteiger partial charge in [0.2, 0.25) is 15.9 Å². The number of carboxylic acids is 1. The largest absolute Gasteiger partial charge is 0.480 e. The molecule has 0 aromatic heterocycles. The van der Waals surface area contributed by atoms with Crippen LogP contribution in [0.3, 0.4) is 0 Å². The Balaban J connectivity index is 1.70. The maximum absolute atomic E-state index is 13.1. The minimum absolute atomic E-state index is 0.0439. The van der Waals surface area contributed by atoms with Gasteiger partial charge in [-0.2, -0.15) is 4.31 Å². The number of benzene rings is 2. The number of sulfonamides is 1. The molecule has 0 radical (unpaired) electrons. The number of carbonyl (C=O) groups is 3. The van der Waals surface area contributed by atoms with E-state index in [0.29, 0.717) is 12.0 Å². The summed E-state index contributed by atoms with van der Waals surface area (Å²) in [4.78, 5) is 47.7. The Kier molecular flexibility index (Phi) is 8.45. The lowest BCUT2D eigenvalue weighted by Gasteiger charge is -2.25. The molecule has 1 saturated heterocycles. The van der Waals surface area contributed by atoms with Gasteiger partial charge >= 0.3 is 12.1 Å². The molecule has 2 aromatic rings. The molecular weight excluding hydrogens is 508 g/mol. The lowest BCUT2D eigenvalue weighted by atomic mass is 10.1. The maximum Gasteiger partial charge on any atom is 0.414 e. The molecule has 2 aromatic carbocycles. The second-order valence-corrected chi connectivity index (χ2v) is 10.4. The van der Waals surface area contributed by atoms with Gasteiger partial charge in [-0.25, -0.2) is 18.0 Å². The minimum atomic E-state index is -4.15. The van der Waals surface area contributed by atoms with E-state index in [1.54, 1.807) is 12.1 Å². The fourth-order valence-corrected chi connectivity index (χ4v) is 5.41. The molecule has 1 heterocycles. The van der Waals surface area contributed by atoms with Crippen LogP contribution in [-0.2, 0) is 26.0 Å². The third-order valence-corrected chi connectivity index (χ3v) is 7.63. The van der Waals surface area contributed by atoms with Gasteiger partial charge in [-0.15, -0.1) is 0 Å². The van der Waals surface area contributed by atoms with Gasteiger partial charge in [-0.3, -0.25) is 14.9 Å². The van der Waals surface area contributed by atoms with Gasteiger partial charge in [0, 0.05) is 39.2 Å². The number of amides is 2. The third kappa shape index (κ3) is 6.59. The summed E-state index contributed by atoms with van der Waals surface area (Å²) >= 11 is 0. The van der Waals surface area contributed by atoms with Crippen LogP contribution < -0.4 is 10.1 Å². The Morgan fingerprint density at radius 1 is 1.16 bits per heavy atom. The highest BCUT2D eigenvalue weighted by molar-refractivity contribution is 7.89. The molecule has 3 rings (SSSR count). The summed E-state index contributed by atoms with van der Waals surface area (Å²) in [5.74, 6) is -1.80. The monoisotopic (exact) mass is 534 g/mol. The molecule has 0 aliphatic carbocycles. The molecule has 37 heavy (non-hydrogen) atoms. The van der Waals surface area contributed by atoms with Gasteiger partial charge in [0.1, 0.15) is 17.8 Å². The quantitative estimate of drug-likeness (QED) is 0.357. The number of nitrogens with zero attached hydrogens (tertiary/aromatic N) is 3. The average molecular weight is 535 g/mol. The van der Waals surface area contributed by atoms with Crippen molar-refractivity contribution >= 4 is 33.7 Å². The van der Waals surface area contributed by atoms with Crippen LogP contribution in [0.4, 0.5) is 10.5 Å². The van der Waals surface area contributed by atoms with Gasteiger partial charge < -0.3 is 20.1 Å². The van der Waals surface area contributed by atoms with E-state index in [1.807, 2.05) is 0 Å². The fraction of sp³-hybridized carbons (Fsp3) is 0.348. The molecule has 13 nitrogen and oxygen atoms in total. The smallest absolute Gasteiger partial charge is 0.414 e. The van der Waals surface area contributed by atoms with Crippen LogP contribution in [0.2, 0.25) is 0 Å². The van der Waals surface area contributed by atoms with Gasteiger partial charge in [-0.1, -0.05) is 12.1 Å². The van der Waals surface area contributed by atoms with E-state index in [1.165, 1.54) is 31.1 Å². The van der Waals surface area contributed by atoms with Crippen molar-refractivity contribution < 1.29 is 37.6 Å². The molecule has 14 heteroatoms. The predicted molar refractivity (Wildman–Crippen MR) is 129 cm³/mol. The standard InChI is InChI=1S/C23H26N4O9S/c1-25(2)23(31)36-17-9-5-15(6-10-17)14-19(22(29)30)24-21(28)20-4-3-13-26(20)37(34,35)18-11-7-16(8-12-18)27(32)33/h5-12,19-20H,3-4,13-14H2,1-2H3,(H,24,28)(H,29,30)/t19-,20-/m0/s1. The Morgan fingerprint density at radius 2 is 1.78 bits per heavy atom. The molecule has 0 unspecified atom stereocenters. The van der Waals surface area contributed by atoms with E-state index < -0.39 is 45.0 Å². The first-order valence-corrected chi connectivity index (χ1v) is 12.6. The number of hydrogen-bond donors (Lipinski definition) is 2. The van der Waals surface area contributed by atoms with Crippen molar-refractivity contribution in [2.45, 2.75) is 36.2 Å². The van der Waals surface area contributed by atoms with Crippen LogP contribution in [0.25, 0.3) is 0 Å². The zero-order valence-corrected chi connectivity index (χ0v) is 20.9. The van der Waals surface area contributed by atoms with Gasteiger partial charge in [0.25, 0.3) is 5.69 Å². The van der Waals surface area contributed by atoms with Gasteiger partial charge in [-0.05, 0) is 42.7 Å². The maximum atomic E-state index is 13.1. The number of nitro benzene ring substituents is 1. The van der Waals surface area contributed by atoms with Crippen LogP contribution in [0.5, 0.6) is 5.75 Å². The number of non-ortho nitro benzene ring substituents is 1. The minimum Gasteiger partial charge on any atom is -0.480 e. The highest BCUT2D eigenvalue weighted by Crippen LogP contribution is 2.27. The van der Waals surface area contributed by atoms with E-state index in [2.05, 4.69) is 5.32 Å². The number of rotatable bonds is 9. The summed E-state index contributed by atoms with van der Waals surface area (Å²) in [5.41, 5.74) is 0.266. The molecule has 0 saturated carbocycles. The number of nitrogens with one attached hydrogen (secondary N) is 1. The van der Waals surface area contributed by atoms with Crippen LogP contribution in [-0.4, -0.2) is 78.3 Å². The number of carbonyl (C=O) groups excluding carboxylic acids is 2. The summed E-state index contributed by atoms with van der Waals surface area (Å²) in [5, 5.41) is 22.9. The first-order chi connectivity index (χ1) is 17.4. The van der Waals surface area contributed by atoms with Crippen molar-refractivity contribution in [3.63, 3.8) is 0 Å². The van der Waals surface area contributed by atoms with E-state index in [0.717, 1.165) is 28.6 Å². The zero-order valence-electron chi connectivity index (χ0n) is 20.1. The lowest BCUT2D eigenvalue weighted by Crippen LogP contribution is -2.51. The van der Waals surface area contributed by atoms with Crippen molar-refractivity contribution in [1.29, 1.82) is 0 Å². The Labute approximate surface area is 212 Å². The zero-order chi connectivity index (χ0) is 27.3. The summed E-state index contributed by atoms with van der Waals surface area (Å²) in [6.07, 6.45) is -0.0933.